The van der Waals surface area contributed by atoms with Gasteiger partial charge in [-0.2, -0.15) is 0 Å². The second kappa shape index (κ2) is 5.68. The highest BCUT2D eigenvalue weighted by atomic mass is 35.5. The monoisotopic (exact) mass is 270 g/mol. The Morgan fingerprint density at radius 3 is 2.94 bits per heavy atom. The molecule has 96 valence electrons. The van der Waals surface area contributed by atoms with Crippen molar-refractivity contribution >= 4 is 29.3 Å². The predicted molar refractivity (Wildman–Crippen MR) is 68.5 cm³/mol. The van der Waals surface area contributed by atoms with Gasteiger partial charge in [0.25, 0.3) is 0 Å². The molecule has 0 fully saturated rings. The summed E-state index contributed by atoms with van der Waals surface area (Å²) in [7, 11) is 0. The Bertz CT molecular complexity index is 472. The van der Waals surface area contributed by atoms with Crippen molar-refractivity contribution in [1.29, 1.82) is 0 Å². The average molecular weight is 271 g/mol. The summed E-state index contributed by atoms with van der Waals surface area (Å²) < 4.78 is 13.4. The normalized spacial score (nSPS) is 14.4. The number of hydrogen-bond donors (Lipinski definition) is 3. The van der Waals surface area contributed by atoms with E-state index in [1.54, 1.807) is 0 Å². The van der Waals surface area contributed by atoms with Gasteiger partial charge in [0.15, 0.2) is 5.96 Å². The number of anilines is 1. The molecule has 1 aromatic carbocycles. The minimum atomic E-state index is -0.588. The molecule has 0 bridgehead atoms. The lowest BCUT2D eigenvalue weighted by molar-refractivity contribution is 0.255. The maximum absolute atomic E-state index is 13.4. The molecule has 1 aliphatic heterocycles. The molecule has 2 rings (SSSR count). The molecular weight excluding hydrogens is 259 g/mol. The molecule has 1 heterocycles. The Labute approximate surface area is 108 Å². The van der Waals surface area contributed by atoms with E-state index >= 15 is 0 Å². The topological polar surface area (TPSA) is 65.5 Å². The second-order valence-corrected chi connectivity index (χ2v) is 4.09. The highest BCUT2D eigenvalue weighted by molar-refractivity contribution is 6.33. The van der Waals surface area contributed by atoms with E-state index in [0.717, 1.165) is 13.0 Å². The number of carbonyl (C=O) groups excluding carboxylic acids is 1. The van der Waals surface area contributed by atoms with Crippen LogP contribution in [-0.2, 0) is 0 Å². The SMILES string of the molecule is O=C(NC1=NCCCN1)Nc1c(F)cccc1Cl. The Morgan fingerprint density at radius 1 is 1.44 bits per heavy atom. The summed E-state index contributed by atoms with van der Waals surface area (Å²) in [5.74, 6) is -0.206. The van der Waals surface area contributed by atoms with Gasteiger partial charge in [-0.1, -0.05) is 17.7 Å². The summed E-state index contributed by atoms with van der Waals surface area (Å²) in [5.41, 5.74) is -0.0481. The van der Waals surface area contributed by atoms with E-state index in [0.29, 0.717) is 12.5 Å². The highest BCUT2D eigenvalue weighted by Crippen LogP contribution is 2.24. The van der Waals surface area contributed by atoms with Crippen LogP contribution in [0.25, 0.3) is 0 Å². The molecule has 1 aliphatic rings. The van der Waals surface area contributed by atoms with Gasteiger partial charge in [-0.05, 0) is 18.6 Å². The van der Waals surface area contributed by atoms with Crippen molar-refractivity contribution in [1.82, 2.24) is 10.6 Å². The summed E-state index contributed by atoms with van der Waals surface area (Å²) in [5, 5.41) is 7.89. The average Bonchev–Trinajstić information content (AvgIpc) is 2.35. The van der Waals surface area contributed by atoms with Gasteiger partial charge in [0.1, 0.15) is 5.82 Å². The molecule has 7 heteroatoms. The summed E-state index contributed by atoms with van der Waals surface area (Å²) in [6, 6.07) is 3.59. The van der Waals surface area contributed by atoms with Crippen LogP contribution >= 0.6 is 11.6 Å². The Morgan fingerprint density at radius 2 is 2.28 bits per heavy atom. The van der Waals surface area contributed by atoms with Crippen molar-refractivity contribution in [3.05, 3.63) is 29.0 Å². The molecule has 0 aliphatic carbocycles. The van der Waals surface area contributed by atoms with Crippen molar-refractivity contribution in [2.24, 2.45) is 4.99 Å². The maximum atomic E-state index is 13.4. The van der Waals surface area contributed by atoms with Gasteiger partial charge >= 0.3 is 6.03 Å². The molecule has 0 spiro atoms. The van der Waals surface area contributed by atoms with Crippen LogP contribution in [-0.4, -0.2) is 25.1 Å². The molecule has 18 heavy (non-hydrogen) atoms. The van der Waals surface area contributed by atoms with E-state index < -0.39 is 11.8 Å². The van der Waals surface area contributed by atoms with Gasteiger partial charge < -0.3 is 10.6 Å². The first-order valence-electron chi connectivity index (χ1n) is 5.47. The van der Waals surface area contributed by atoms with E-state index in [1.165, 1.54) is 18.2 Å². The van der Waals surface area contributed by atoms with Gasteiger partial charge in [-0.3, -0.25) is 10.3 Å². The fourth-order valence-corrected chi connectivity index (χ4v) is 1.70. The largest absolute Gasteiger partial charge is 0.356 e. The number of para-hydroxylation sites is 1. The lowest BCUT2D eigenvalue weighted by Gasteiger charge is -2.15. The summed E-state index contributed by atoms with van der Waals surface area (Å²) >= 11 is 5.79. The molecule has 5 nitrogen and oxygen atoms in total. The fraction of sp³-hybridized carbons (Fsp3) is 0.273. The van der Waals surface area contributed by atoms with Crippen molar-refractivity contribution in [3.8, 4) is 0 Å². The third-order valence-electron chi connectivity index (χ3n) is 2.33. The van der Waals surface area contributed by atoms with Crippen LogP contribution in [0.3, 0.4) is 0 Å². The van der Waals surface area contributed by atoms with Crippen LogP contribution in [0.5, 0.6) is 0 Å². The van der Waals surface area contributed by atoms with Crippen LogP contribution in [0.4, 0.5) is 14.9 Å². The van der Waals surface area contributed by atoms with Crippen LogP contribution in [0.15, 0.2) is 23.2 Å². The van der Waals surface area contributed by atoms with Gasteiger partial charge in [0.2, 0.25) is 0 Å². The van der Waals surface area contributed by atoms with Crippen LogP contribution in [0, 0.1) is 5.82 Å². The molecule has 0 radical (unpaired) electrons. The molecule has 0 aromatic heterocycles. The van der Waals surface area contributed by atoms with Crippen LogP contribution < -0.4 is 16.0 Å². The number of aliphatic imine (C=N–C) groups is 1. The van der Waals surface area contributed by atoms with E-state index in [9.17, 15) is 9.18 Å². The number of nitrogens with zero attached hydrogens (tertiary/aromatic N) is 1. The van der Waals surface area contributed by atoms with Gasteiger partial charge in [-0.25, -0.2) is 9.18 Å². The first-order valence-corrected chi connectivity index (χ1v) is 5.85. The van der Waals surface area contributed by atoms with Gasteiger partial charge in [0.05, 0.1) is 10.7 Å². The zero-order valence-corrected chi connectivity index (χ0v) is 10.2. The number of halogens is 2. The predicted octanol–water partition coefficient (Wildman–Crippen LogP) is 1.95. The molecule has 3 N–H and O–H groups in total. The number of amides is 2. The first-order chi connectivity index (χ1) is 8.66. The van der Waals surface area contributed by atoms with Crippen molar-refractivity contribution < 1.29 is 9.18 Å². The summed E-state index contributed by atoms with van der Waals surface area (Å²) in [4.78, 5) is 15.7. The number of guanidine groups is 1. The zero-order chi connectivity index (χ0) is 13.0. The molecule has 0 atom stereocenters. The Kier molecular flexibility index (Phi) is 3.99. The number of carbonyl (C=O) groups is 1. The van der Waals surface area contributed by atoms with Gasteiger partial charge in [0, 0.05) is 13.1 Å². The number of rotatable bonds is 1. The van der Waals surface area contributed by atoms with Crippen LogP contribution in [0.1, 0.15) is 6.42 Å². The zero-order valence-electron chi connectivity index (χ0n) is 9.46. The lowest BCUT2D eigenvalue weighted by Crippen LogP contribution is -2.45. The molecular formula is C11H12ClFN4O. The Balaban J connectivity index is 2.01. The quantitative estimate of drug-likeness (QED) is 0.730. The molecule has 1 aromatic rings. The highest BCUT2D eigenvalue weighted by Gasteiger charge is 2.12. The third-order valence-corrected chi connectivity index (χ3v) is 2.65. The maximum Gasteiger partial charge on any atom is 0.326 e. The molecule has 0 saturated carbocycles. The third kappa shape index (κ3) is 3.10. The summed E-state index contributed by atoms with van der Waals surface area (Å²) in [6.45, 7) is 1.41. The van der Waals surface area contributed by atoms with E-state index in [4.69, 9.17) is 11.6 Å². The van der Waals surface area contributed by atoms with E-state index in [2.05, 4.69) is 20.9 Å². The minimum absolute atomic E-state index is 0.0481. The van der Waals surface area contributed by atoms with Gasteiger partial charge in [-0.15, -0.1) is 0 Å². The van der Waals surface area contributed by atoms with Crippen molar-refractivity contribution in [3.63, 3.8) is 0 Å². The number of benzene rings is 1. The number of urea groups is 1. The first kappa shape index (κ1) is 12.6. The van der Waals surface area contributed by atoms with E-state index in [1.807, 2.05) is 0 Å². The minimum Gasteiger partial charge on any atom is -0.356 e. The number of nitrogens with one attached hydrogen (secondary N) is 3. The second-order valence-electron chi connectivity index (χ2n) is 3.69. The smallest absolute Gasteiger partial charge is 0.326 e. The summed E-state index contributed by atoms with van der Waals surface area (Å²) in [6.07, 6.45) is 0.923. The molecule has 0 saturated heterocycles. The fourth-order valence-electron chi connectivity index (χ4n) is 1.49. The molecule has 0 unspecified atom stereocenters. The Hall–Kier alpha value is -1.82. The van der Waals surface area contributed by atoms with E-state index in [-0.39, 0.29) is 10.7 Å². The van der Waals surface area contributed by atoms with Crippen molar-refractivity contribution in [2.45, 2.75) is 6.42 Å². The number of hydrogen-bond acceptors (Lipinski definition) is 3. The van der Waals surface area contributed by atoms with Crippen molar-refractivity contribution in [2.75, 3.05) is 18.4 Å². The molecule has 2 amide bonds. The van der Waals surface area contributed by atoms with Crippen LogP contribution in [0.2, 0.25) is 5.02 Å². The standard InChI is InChI=1S/C11H12ClFN4O/c12-7-3-1-4-8(13)9(7)16-11(18)17-10-14-5-2-6-15-10/h1,3-4H,2,5-6H2,(H3,14,15,16,17,18). The lowest BCUT2D eigenvalue weighted by atomic mass is 10.3.